The second kappa shape index (κ2) is 8.29. The van der Waals surface area contributed by atoms with Crippen molar-refractivity contribution in [2.45, 2.75) is 58.1 Å². The number of likely N-dealkylation sites (tertiary alicyclic amines) is 1. The molecule has 1 spiro atoms. The Hall–Kier alpha value is -1.44. The molecular formula is C20H30N2O4S. The molecule has 1 atom stereocenters. The Labute approximate surface area is 164 Å². The number of carbonyl (C=O) groups is 2. The number of ether oxygens (including phenoxy) is 1. The van der Waals surface area contributed by atoms with Gasteiger partial charge in [0.15, 0.2) is 0 Å². The van der Waals surface area contributed by atoms with Gasteiger partial charge in [-0.15, -0.1) is 11.3 Å². The first kappa shape index (κ1) is 20.3. The van der Waals surface area contributed by atoms with Crippen LogP contribution in [-0.2, 0) is 21.6 Å². The summed E-state index contributed by atoms with van der Waals surface area (Å²) in [6.07, 6.45) is 3.11. The van der Waals surface area contributed by atoms with Gasteiger partial charge in [0.1, 0.15) is 5.60 Å². The van der Waals surface area contributed by atoms with Crippen LogP contribution in [0.4, 0.5) is 0 Å². The molecule has 1 aromatic heterocycles. The van der Waals surface area contributed by atoms with Crippen LogP contribution in [0.2, 0.25) is 0 Å². The molecule has 1 saturated heterocycles. The minimum Gasteiger partial charge on any atom is -0.394 e. The molecule has 0 saturated carbocycles. The first-order valence-electron chi connectivity index (χ1n) is 9.79. The zero-order valence-electron chi connectivity index (χ0n) is 16.4. The lowest BCUT2D eigenvalue weighted by atomic mass is 9.85. The van der Waals surface area contributed by atoms with Gasteiger partial charge in [-0.1, -0.05) is 13.8 Å². The average Bonchev–Trinajstić information content (AvgIpc) is 3.07. The van der Waals surface area contributed by atoms with Gasteiger partial charge in [0.05, 0.1) is 24.1 Å². The third kappa shape index (κ3) is 4.36. The van der Waals surface area contributed by atoms with E-state index in [-0.39, 0.29) is 30.1 Å². The maximum absolute atomic E-state index is 12.7. The topological polar surface area (TPSA) is 78.9 Å². The molecule has 2 N–H and O–H groups in total. The summed E-state index contributed by atoms with van der Waals surface area (Å²) in [5.74, 6) is 0.389. The van der Waals surface area contributed by atoms with Crippen LogP contribution in [0.5, 0.6) is 0 Å². The molecule has 0 radical (unpaired) electrons. The Bertz CT molecular complexity index is 692. The monoisotopic (exact) mass is 394 g/mol. The summed E-state index contributed by atoms with van der Waals surface area (Å²) in [5, 5.41) is 12.5. The molecule has 0 aromatic carbocycles. The lowest BCUT2D eigenvalue weighted by Gasteiger charge is -2.43. The van der Waals surface area contributed by atoms with E-state index in [0.717, 1.165) is 30.6 Å². The van der Waals surface area contributed by atoms with Crippen LogP contribution in [0.25, 0.3) is 0 Å². The van der Waals surface area contributed by atoms with Crippen molar-refractivity contribution in [3.8, 4) is 0 Å². The second-order valence-corrected chi connectivity index (χ2v) is 9.10. The fourth-order valence-electron chi connectivity index (χ4n) is 4.09. The Balaban J connectivity index is 1.76. The first-order chi connectivity index (χ1) is 12.8. The number of hydrogen-bond acceptors (Lipinski definition) is 5. The predicted octanol–water partition coefficient (Wildman–Crippen LogP) is 2.30. The minimum absolute atomic E-state index is 0.0526. The number of aliphatic hydroxyl groups is 1. The molecule has 3 heterocycles. The van der Waals surface area contributed by atoms with Crippen molar-refractivity contribution in [2.24, 2.45) is 5.92 Å². The Morgan fingerprint density at radius 1 is 1.37 bits per heavy atom. The van der Waals surface area contributed by atoms with Crippen molar-refractivity contribution in [1.29, 1.82) is 0 Å². The van der Waals surface area contributed by atoms with Crippen molar-refractivity contribution in [2.75, 3.05) is 26.3 Å². The van der Waals surface area contributed by atoms with E-state index < -0.39 is 0 Å². The maximum Gasteiger partial charge on any atom is 0.261 e. The van der Waals surface area contributed by atoms with Gasteiger partial charge >= 0.3 is 0 Å². The molecule has 0 unspecified atom stereocenters. The largest absolute Gasteiger partial charge is 0.394 e. The van der Waals surface area contributed by atoms with Gasteiger partial charge in [-0.3, -0.25) is 9.59 Å². The Morgan fingerprint density at radius 3 is 2.67 bits per heavy atom. The van der Waals surface area contributed by atoms with Crippen molar-refractivity contribution < 1.29 is 19.4 Å². The summed E-state index contributed by atoms with van der Waals surface area (Å²) >= 11 is 1.51. The van der Waals surface area contributed by atoms with E-state index >= 15 is 0 Å². The van der Waals surface area contributed by atoms with E-state index in [4.69, 9.17) is 4.74 Å². The molecule has 2 aliphatic rings. The molecule has 3 rings (SSSR count). The highest BCUT2D eigenvalue weighted by atomic mass is 32.1. The van der Waals surface area contributed by atoms with Gasteiger partial charge in [0.2, 0.25) is 5.91 Å². The van der Waals surface area contributed by atoms with Crippen LogP contribution >= 0.6 is 11.3 Å². The first-order valence-corrected chi connectivity index (χ1v) is 10.6. The van der Waals surface area contributed by atoms with Crippen molar-refractivity contribution in [3.63, 3.8) is 0 Å². The van der Waals surface area contributed by atoms with E-state index in [0.29, 0.717) is 30.5 Å². The van der Waals surface area contributed by atoms with E-state index in [1.807, 2.05) is 11.0 Å². The summed E-state index contributed by atoms with van der Waals surface area (Å²) in [6.45, 7) is 7.73. The number of nitrogens with zero attached hydrogens (tertiary/aromatic N) is 1. The van der Waals surface area contributed by atoms with Gasteiger partial charge < -0.3 is 20.1 Å². The van der Waals surface area contributed by atoms with Crippen LogP contribution in [0, 0.1) is 5.92 Å². The van der Waals surface area contributed by atoms with Gasteiger partial charge in [0.25, 0.3) is 5.91 Å². The van der Waals surface area contributed by atoms with Crippen LogP contribution in [-0.4, -0.2) is 54.2 Å². The molecule has 0 bridgehead atoms. The molecule has 0 aliphatic carbocycles. The zero-order valence-corrected chi connectivity index (χ0v) is 17.2. The maximum atomic E-state index is 12.7. The van der Waals surface area contributed by atoms with Gasteiger partial charge in [0, 0.05) is 24.9 Å². The van der Waals surface area contributed by atoms with E-state index in [1.165, 1.54) is 16.9 Å². The molecule has 6 nitrogen and oxygen atoms in total. The standard InChI is InChI=1S/C20H30N2O4S/c1-13(2)10-16(12-23)21-19(25)17-11-15-4-9-26-20(18(15)27-17)5-7-22(8-6-20)14(3)24/h11,13,16,23H,4-10,12H2,1-3H3,(H,21,25)/t16-/m0/s1. The molecular weight excluding hydrogens is 364 g/mol. The number of aliphatic hydroxyl groups excluding tert-OH is 1. The predicted molar refractivity (Wildman–Crippen MR) is 105 cm³/mol. The van der Waals surface area contributed by atoms with E-state index in [2.05, 4.69) is 19.2 Å². The number of thiophene rings is 1. The fourth-order valence-corrected chi connectivity index (χ4v) is 5.41. The number of amides is 2. The molecule has 2 amide bonds. The average molecular weight is 395 g/mol. The van der Waals surface area contributed by atoms with Crippen molar-refractivity contribution in [3.05, 3.63) is 21.4 Å². The third-order valence-corrected chi connectivity index (χ3v) is 6.89. The molecule has 27 heavy (non-hydrogen) atoms. The van der Waals surface area contributed by atoms with Crippen LogP contribution in [0.1, 0.15) is 60.1 Å². The summed E-state index contributed by atoms with van der Waals surface area (Å²) in [4.78, 5) is 28.0. The number of carbonyl (C=O) groups excluding carboxylic acids is 2. The van der Waals surface area contributed by atoms with Crippen molar-refractivity contribution >= 4 is 23.2 Å². The highest BCUT2D eigenvalue weighted by Gasteiger charge is 2.43. The van der Waals surface area contributed by atoms with Crippen LogP contribution in [0.15, 0.2) is 6.07 Å². The number of nitrogens with one attached hydrogen (secondary N) is 1. The zero-order chi connectivity index (χ0) is 19.6. The smallest absolute Gasteiger partial charge is 0.261 e. The van der Waals surface area contributed by atoms with Gasteiger partial charge in [-0.2, -0.15) is 0 Å². The summed E-state index contributed by atoms with van der Waals surface area (Å²) in [6, 6.07) is 1.77. The summed E-state index contributed by atoms with van der Waals surface area (Å²) in [7, 11) is 0. The van der Waals surface area contributed by atoms with E-state index in [9.17, 15) is 14.7 Å². The van der Waals surface area contributed by atoms with Crippen molar-refractivity contribution in [1.82, 2.24) is 10.2 Å². The number of piperidine rings is 1. The van der Waals surface area contributed by atoms with Crippen LogP contribution < -0.4 is 5.32 Å². The second-order valence-electron chi connectivity index (χ2n) is 8.05. The number of rotatable bonds is 5. The molecule has 1 aromatic rings. The highest BCUT2D eigenvalue weighted by Crippen LogP contribution is 2.45. The minimum atomic E-state index is -0.364. The fraction of sp³-hybridized carbons (Fsp3) is 0.700. The molecule has 2 aliphatic heterocycles. The summed E-state index contributed by atoms with van der Waals surface area (Å²) < 4.78 is 6.21. The van der Waals surface area contributed by atoms with Gasteiger partial charge in [-0.05, 0) is 43.2 Å². The number of hydrogen-bond donors (Lipinski definition) is 2. The Kier molecular flexibility index (Phi) is 6.23. The number of fused-ring (bicyclic) bond motifs is 2. The summed E-state index contributed by atoms with van der Waals surface area (Å²) in [5.41, 5.74) is 0.828. The normalized spacial score (nSPS) is 19.8. The SMILES string of the molecule is CC(=O)N1CCC2(CC1)OCCc1cc(C(=O)N[C@H](CO)CC(C)C)sc12. The molecule has 150 valence electrons. The van der Waals surface area contributed by atoms with E-state index in [1.54, 1.807) is 6.92 Å². The van der Waals surface area contributed by atoms with Gasteiger partial charge in [-0.25, -0.2) is 0 Å². The lowest BCUT2D eigenvalue weighted by molar-refractivity contribution is -0.138. The molecule has 7 heteroatoms. The lowest BCUT2D eigenvalue weighted by Crippen LogP contribution is -2.47. The Morgan fingerprint density at radius 2 is 2.07 bits per heavy atom. The quantitative estimate of drug-likeness (QED) is 0.803. The highest BCUT2D eigenvalue weighted by molar-refractivity contribution is 7.14. The third-order valence-electron chi connectivity index (χ3n) is 5.52. The molecule has 1 fully saturated rings. The van der Waals surface area contributed by atoms with Crippen LogP contribution in [0.3, 0.4) is 0 Å².